The first-order chi connectivity index (χ1) is 8.75. The van der Waals surface area contributed by atoms with Gasteiger partial charge in [-0.3, -0.25) is 10.1 Å². The van der Waals surface area contributed by atoms with E-state index in [1.165, 1.54) is 24.2 Å². The first-order valence-electron chi connectivity index (χ1n) is 5.33. The largest absolute Gasteiger partial charge is 0.305 e. The zero-order valence-electron chi connectivity index (χ0n) is 9.48. The van der Waals surface area contributed by atoms with Crippen LogP contribution in [-0.2, 0) is 10.8 Å². The summed E-state index contributed by atoms with van der Waals surface area (Å²) in [5.41, 5.74) is 1.18. The molecule has 18 heavy (non-hydrogen) atoms. The summed E-state index contributed by atoms with van der Waals surface area (Å²) in [6.07, 6.45) is 0. The summed E-state index contributed by atoms with van der Waals surface area (Å²) in [4.78, 5) is 10.9. The molecular formula is C13H11NO3S. The molecule has 0 saturated carbocycles. The average molecular weight is 261 g/mol. The molecule has 2 rings (SSSR count). The van der Waals surface area contributed by atoms with Crippen LogP contribution in [0.25, 0.3) is 0 Å². The topological polar surface area (TPSA) is 52.4 Å². The number of hydrogen-bond donors (Lipinski definition) is 0. The molecule has 0 aliphatic carbocycles. The highest BCUT2D eigenvalue weighted by atomic mass is 32.2. The highest BCUT2D eigenvalue weighted by Crippen LogP contribution is 2.23. The third-order valence-electron chi connectivity index (χ3n) is 2.27. The van der Waals surface area contributed by atoms with Crippen LogP contribution in [0.5, 0.6) is 0 Å². The van der Waals surface area contributed by atoms with E-state index in [1.54, 1.807) is 12.1 Å². The van der Waals surface area contributed by atoms with Gasteiger partial charge in [-0.05, 0) is 17.7 Å². The number of nitro groups is 1. The van der Waals surface area contributed by atoms with Gasteiger partial charge in [-0.25, -0.2) is 0 Å². The monoisotopic (exact) mass is 261 g/mol. The quantitative estimate of drug-likeness (QED) is 0.466. The standard InChI is InChI=1S/C13H11NO3S/c15-14(16)12-6-8-13(9-7-12)18-17-10-11-4-2-1-3-5-11/h1-9H,10H2. The molecule has 0 heterocycles. The Morgan fingerprint density at radius 3 is 2.33 bits per heavy atom. The van der Waals surface area contributed by atoms with Crippen molar-refractivity contribution in [1.29, 1.82) is 0 Å². The van der Waals surface area contributed by atoms with Gasteiger partial charge in [0.05, 0.1) is 11.5 Å². The van der Waals surface area contributed by atoms with Crippen molar-refractivity contribution in [3.63, 3.8) is 0 Å². The lowest BCUT2D eigenvalue weighted by molar-refractivity contribution is -0.384. The van der Waals surface area contributed by atoms with Crippen LogP contribution in [0.4, 0.5) is 5.69 Å². The Hall–Kier alpha value is -1.85. The summed E-state index contributed by atoms with van der Waals surface area (Å²) in [7, 11) is 0. The minimum atomic E-state index is -0.417. The predicted molar refractivity (Wildman–Crippen MR) is 70.2 cm³/mol. The second-order valence-corrected chi connectivity index (χ2v) is 4.46. The SMILES string of the molecule is O=[N+]([O-])c1ccc(SOCc2ccccc2)cc1. The average Bonchev–Trinajstić information content (AvgIpc) is 2.40. The van der Waals surface area contributed by atoms with Crippen LogP contribution in [0.15, 0.2) is 59.5 Å². The second kappa shape index (κ2) is 6.18. The van der Waals surface area contributed by atoms with Gasteiger partial charge in [-0.15, -0.1) is 0 Å². The van der Waals surface area contributed by atoms with E-state index in [4.69, 9.17) is 4.18 Å². The molecule has 0 fully saturated rings. The van der Waals surface area contributed by atoms with Gasteiger partial charge in [0, 0.05) is 29.1 Å². The van der Waals surface area contributed by atoms with Crippen molar-refractivity contribution in [3.8, 4) is 0 Å². The number of rotatable bonds is 5. The van der Waals surface area contributed by atoms with E-state index in [1.807, 2.05) is 30.3 Å². The molecule has 4 nitrogen and oxygen atoms in total. The van der Waals surface area contributed by atoms with Gasteiger partial charge in [0.25, 0.3) is 5.69 Å². The van der Waals surface area contributed by atoms with E-state index in [0.29, 0.717) is 6.61 Å². The van der Waals surface area contributed by atoms with Crippen LogP contribution in [-0.4, -0.2) is 4.92 Å². The smallest absolute Gasteiger partial charge is 0.269 e. The summed E-state index contributed by atoms with van der Waals surface area (Å²) >= 11 is 1.21. The molecule has 0 aliphatic rings. The van der Waals surface area contributed by atoms with Gasteiger partial charge >= 0.3 is 0 Å². The van der Waals surface area contributed by atoms with E-state index in [9.17, 15) is 10.1 Å². The Bertz CT molecular complexity index is 514. The lowest BCUT2D eigenvalue weighted by Crippen LogP contribution is -1.87. The van der Waals surface area contributed by atoms with Crippen LogP contribution in [0.2, 0.25) is 0 Å². The highest BCUT2D eigenvalue weighted by Gasteiger charge is 2.04. The maximum absolute atomic E-state index is 10.5. The van der Waals surface area contributed by atoms with Gasteiger partial charge in [-0.1, -0.05) is 30.3 Å². The molecule has 0 unspecified atom stereocenters. The third-order valence-corrected chi connectivity index (χ3v) is 2.97. The van der Waals surface area contributed by atoms with E-state index >= 15 is 0 Å². The molecule has 2 aromatic carbocycles. The van der Waals surface area contributed by atoms with E-state index in [0.717, 1.165) is 10.5 Å². The van der Waals surface area contributed by atoms with E-state index < -0.39 is 4.92 Å². The second-order valence-electron chi connectivity index (χ2n) is 3.58. The molecule has 0 saturated heterocycles. The van der Waals surface area contributed by atoms with Crippen LogP contribution < -0.4 is 0 Å². The van der Waals surface area contributed by atoms with Crippen LogP contribution >= 0.6 is 12.0 Å². The molecule has 5 heteroatoms. The van der Waals surface area contributed by atoms with Gasteiger partial charge in [0.1, 0.15) is 0 Å². The summed E-state index contributed by atoms with van der Waals surface area (Å²) in [5, 5.41) is 10.5. The molecule has 92 valence electrons. The van der Waals surface area contributed by atoms with Gasteiger partial charge in [0.2, 0.25) is 0 Å². The molecule has 0 aliphatic heterocycles. The van der Waals surface area contributed by atoms with E-state index in [-0.39, 0.29) is 5.69 Å². The molecule has 0 N–H and O–H groups in total. The molecule has 0 radical (unpaired) electrons. The molecule has 0 spiro atoms. The molecule has 0 amide bonds. The lowest BCUT2D eigenvalue weighted by atomic mass is 10.2. The Morgan fingerprint density at radius 1 is 1.06 bits per heavy atom. The Kier molecular flexibility index (Phi) is 4.33. The third kappa shape index (κ3) is 3.58. The van der Waals surface area contributed by atoms with Crippen molar-refractivity contribution in [3.05, 3.63) is 70.3 Å². The molecule has 2 aromatic rings. The van der Waals surface area contributed by atoms with Crippen molar-refractivity contribution in [1.82, 2.24) is 0 Å². The number of non-ortho nitro benzene ring substituents is 1. The summed E-state index contributed by atoms with van der Waals surface area (Å²) in [6.45, 7) is 0.502. The van der Waals surface area contributed by atoms with Crippen molar-refractivity contribution in [2.24, 2.45) is 0 Å². The fourth-order valence-electron chi connectivity index (χ4n) is 1.36. The maximum Gasteiger partial charge on any atom is 0.269 e. The van der Waals surface area contributed by atoms with E-state index in [2.05, 4.69) is 0 Å². The van der Waals surface area contributed by atoms with Crippen molar-refractivity contribution in [2.45, 2.75) is 11.5 Å². The first-order valence-corrected chi connectivity index (χ1v) is 6.08. The van der Waals surface area contributed by atoms with Gasteiger partial charge in [-0.2, -0.15) is 0 Å². The van der Waals surface area contributed by atoms with Crippen molar-refractivity contribution < 1.29 is 9.11 Å². The molecule has 0 bridgehead atoms. The normalized spacial score (nSPS) is 10.2. The number of nitro benzene ring substituents is 1. The van der Waals surface area contributed by atoms with Crippen LogP contribution in [0.1, 0.15) is 5.56 Å². The Balaban J connectivity index is 1.85. The highest BCUT2D eigenvalue weighted by molar-refractivity contribution is 7.94. The fraction of sp³-hybridized carbons (Fsp3) is 0.0769. The lowest BCUT2D eigenvalue weighted by Gasteiger charge is -2.02. The minimum absolute atomic E-state index is 0.0856. The van der Waals surface area contributed by atoms with Crippen LogP contribution in [0.3, 0.4) is 0 Å². The molecular weight excluding hydrogens is 250 g/mol. The summed E-state index contributed by atoms with van der Waals surface area (Å²) in [5.74, 6) is 0. The predicted octanol–water partition coefficient (Wildman–Crippen LogP) is 3.82. The number of benzene rings is 2. The van der Waals surface area contributed by atoms with Crippen LogP contribution in [0, 0.1) is 10.1 Å². The minimum Gasteiger partial charge on any atom is -0.305 e. The van der Waals surface area contributed by atoms with Gasteiger partial charge < -0.3 is 4.18 Å². The molecule has 0 atom stereocenters. The maximum atomic E-state index is 10.5. The molecule has 0 aromatic heterocycles. The fourth-order valence-corrected chi connectivity index (χ4v) is 1.94. The number of hydrogen-bond acceptors (Lipinski definition) is 4. The summed E-state index contributed by atoms with van der Waals surface area (Å²) < 4.78 is 5.45. The Labute approximate surface area is 109 Å². The van der Waals surface area contributed by atoms with Crippen molar-refractivity contribution in [2.75, 3.05) is 0 Å². The Morgan fingerprint density at radius 2 is 1.72 bits per heavy atom. The number of nitrogens with zero attached hydrogens (tertiary/aromatic N) is 1. The zero-order chi connectivity index (χ0) is 12.8. The van der Waals surface area contributed by atoms with Gasteiger partial charge in [0.15, 0.2) is 0 Å². The summed E-state index contributed by atoms with van der Waals surface area (Å²) in [6, 6.07) is 16.1. The van der Waals surface area contributed by atoms with Crippen molar-refractivity contribution >= 4 is 17.7 Å². The zero-order valence-corrected chi connectivity index (χ0v) is 10.3. The first kappa shape index (κ1) is 12.6.